The van der Waals surface area contributed by atoms with Gasteiger partial charge in [0.05, 0.1) is 25.3 Å². The first kappa shape index (κ1) is 15.8. The normalized spacial score (nSPS) is 10.6. The number of methoxy groups -OCH3 is 2. The van der Waals surface area contributed by atoms with Gasteiger partial charge in [0.1, 0.15) is 5.75 Å². The maximum absolute atomic E-state index is 11.9. The van der Waals surface area contributed by atoms with Crippen molar-refractivity contribution >= 4 is 22.8 Å². The van der Waals surface area contributed by atoms with Gasteiger partial charge in [0.2, 0.25) is 5.91 Å². The van der Waals surface area contributed by atoms with Gasteiger partial charge >= 0.3 is 5.97 Å². The van der Waals surface area contributed by atoms with Crippen molar-refractivity contribution in [3.05, 3.63) is 54.2 Å². The van der Waals surface area contributed by atoms with E-state index in [0.29, 0.717) is 5.56 Å². The Morgan fingerprint density at radius 3 is 2.29 bits per heavy atom. The van der Waals surface area contributed by atoms with Crippen molar-refractivity contribution in [1.29, 1.82) is 0 Å². The molecule has 0 atom stereocenters. The largest absolute Gasteiger partial charge is 0.497 e. The van der Waals surface area contributed by atoms with Crippen LogP contribution in [-0.2, 0) is 4.74 Å². The molecule has 24 heavy (non-hydrogen) atoms. The number of aromatic nitrogens is 1. The van der Waals surface area contributed by atoms with Crippen molar-refractivity contribution in [3.8, 4) is 16.9 Å². The Morgan fingerprint density at radius 1 is 1.00 bits per heavy atom. The van der Waals surface area contributed by atoms with Crippen LogP contribution in [0, 0.1) is 0 Å². The summed E-state index contributed by atoms with van der Waals surface area (Å²) in [4.78, 5) is 23.7. The highest BCUT2D eigenvalue weighted by molar-refractivity contribution is 6.04. The molecule has 0 bridgehead atoms. The number of nitrogens with zero attached hydrogens (tertiary/aromatic N) is 1. The first-order chi connectivity index (χ1) is 11.5. The molecule has 3 rings (SSSR count). The summed E-state index contributed by atoms with van der Waals surface area (Å²) in [5.74, 6) is 0.253. The molecule has 0 saturated heterocycles. The van der Waals surface area contributed by atoms with Crippen LogP contribution in [0.1, 0.15) is 22.1 Å². The van der Waals surface area contributed by atoms with Gasteiger partial charge in [0.15, 0.2) is 0 Å². The highest BCUT2D eigenvalue weighted by Gasteiger charge is 2.15. The first-order valence-electron chi connectivity index (χ1n) is 7.44. The van der Waals surface area contributed by atoms with Crippen LogP contribution in [0.2, 0.25) is 0 Å². The number of ether oxygens (including phenoxy) is 2. The molecule has 0 N–H and O–H groups in total. The molecule has 0 radical (unpaired) electrons. The molecule has 0 amide bonds. The van der Waals surface area contributed by atoms with E-state index in [0.717, 1.165) is 27.8 Å². The summed E-state index contributed by atoms with van der Waals surface area (Å²) in [6, 6.07) is 12.7. The Morgan fingerprint density at radius 2 is 1.71 bits per heavy atom. The van der Waals surface area contributed by atoms with Crippen LogP contribution in [-0.4, -0.2) is 30.7 Å². The van der Waals surface area contributed by atoms with Crippen LogP contribution in [0.5, 0.6) is 5.75 Å². The number of esters is 1. The summed E-state index contributed by atoms with van der Waals surface area (Å²) < 4.78 is 11.5. The van der Waals surface area contributed by atoms with Crippen LogP contribution in [0.15, 0.2) is 48.7 Å². The molecule has 0 fully saturated rings. The Kier molecular flexibility index (Phi) is 4.08. The summed E-state index contributed by atoms with van der Waals surface area (Å²) >= 11 is 0. The molecule has 3 aromatic rings. The third-order valence-corrected chi connectivity index (χ3v) is 3.97. The van der Waals surface area contributed by atoms with E-state index < -0.39 is 5.97 Å². The minimum Gasteiger partial charge on any atom is -0.497 e. The molecule has 1 aromatic heterocycles. The molecular weight excluding hydrogens is 306 g/mol. The predicted octanol–water partition coefficient (Wildman–Crippen LogP) is 3.76. The lowest BCUT2D eigenvalue weighted by molar-refractivity contribution is 0.0601. The summed E-state index contributed by atoms with van der Waals surface area (Å²) in [5, 5.41) is 0.818. The van der Waals surface area contributed by atoms with Crippen LogP contribution >= 0.6 is 0 Å². The standard InChI is InChI=1S/C19H17NO4/c1-12(21)20-11-17(13-4-7-15(23-2)8-5-13)16-10-14(19(22)24-3)6-9-18(16)20/h4-11H,1-3H3. The lowest BCUT2D eigenvalue weighted by Gasteiger charge is -2.04. The Balaban J connectivity index is 2.24. The molecule has 2 aromatic carbocycles. The smallest absolute Gasteiger partial charge is 0.337 e. The molecule has 0 saturated carbocycles. The van der Waals surface area contributed by atoms with Crippen molar-refractivity contribution < 1.29 is 19.1 Å². The maximum atomic E-state index is 11.9. The van der Waals surface area contributed by atoms with Crippen LogP contribution < -0.4 is 4.74 Å². The number of fused-ring (bicyclic) bond motifs is 1. The third kappa shape index (κ3) is 2.65. The van der Waals surface area contributed by atoms with Gasteiger partial charge in [-0.25, -0.2) is 4.79 Å². The van der Waals surface area contributed by atoms with E-state index >= 15 is 0 Å². The molecule has 0 aliphatic carbocycles. The molecule has 0 spiro atoms. The fourth-order valence-electron chi connectivity index (χ4n) is 2.74. The zero-order valence-electron chi connectivity index (χ0n) is 13.7. The van der Waals surface area contributed by atoms with Crippen molar-refractivity contribution in [1.82, 2.24) is 4.57 Å². The highest BCUT2D eigenvalue weighted by atomic mass is 16.5. The monoisotopic (exact) mass is 323 g/mol. The third-order valence-electron chi connectivity index (χ3n) is 3.97. The topological polar surface area (TPSA) is 57.5 Å². The summed E-state index contributed by atoms with van der Waals surface area (Å²) in [6.45, 7) is 1.51. The minimum absolute atomic E-state index is 0.0921. The van der Waals surface area contributed by atoms with Crippen molar-refractivity contribution in [2.24, 2.45) is 0 Å². The lowest BCUT2D eigenvalue weighted by atomic mass is 10.0. The van der Waals surface area contributed by atoms with Gasteiger partial charge in [-0.3, -0.25) is 9.36 Å². The molecule has 122 valence electrons. The summed E-state index contributed by atoms with van der Waals surface area (Å²) in [5.41, 5.74) is 3.00. The zero-order valence-corrected chi connectivity index (χ0v) is 13.7. The average Bonchev–Trinajstić information content (AvgIpc) is 3.00. The number of carbonyl (C=O) groups excluding carboxylic acids is 2. The van der Waals surface area contributed by atoms with Crippen LogP contribution in [0.3, 0.4) is 0 Å². The van der Waals surface area contributed by atoms with E-state index in [1.54, 1.807) is 36.1 Å². The van der Waals surface area contributed by atoms with E-state index in [-0.39, 0.29) is 5.91 Å². The van der Waals surface area contributed by atoms with Crippen LogP contribution in [0.4, 0.5) is 0 Å². The molecular formula is C19H17NO4. The van der Waals surface area contributed by atoms with E-state index in [1.165, 1.54) is 14.0 Å². The van der Waals surface area contributed by atoms with Gasteiger partial charge in [-0.05, 0) is 35.9 Å². The van der Waals surface area contributed by atoms with Crippen molar-refractivity contribution in [2.45, 2.75) is 6.92 Å². The lowest BCUT2D eigenvalue weighted by Crippen LogP contribution is -2.04. The van der Waals surface area contributed by atoms with Crippen LogP contribution in [0.25, 0.3) is 22.0 Å². The number of hydrogen-bond donors (Lipinski definition) is 0. The minimum atomic E-state index is -0.409. The van der Waals surface area contributed by atoms with Gasteiger partial charge in [-0.1, -0.05) is 12.1 Å². The molecule has 0 aliphatic heterocycles. The van der Waals surface area contributed by atoms with E-state index in [1.807, 2.05) is 24.3 Å². The zero-order chi connectivity index (χ0) is 17.3. The Bertz CT molecular complexity index is 922. The molecule has 0 unspecified atom stereocenters. The fraction of sp³-hybridized carbons (Fsp3) is 0.158. The fourth-order valence-corrected chi connectivity index (χ4v) is 2.74. The SMILES string of the molecule is COC(=O)c1ccc2c(c1)c(-c1ccc(OC)cc1)cn2C(C)=O. The van der Waals surface area contributed by atoms with Gasteiger partial charge < -0.3 is 9.47 Å². The highest BCUT2D eigenvalue weighted by Crippen LogP contribution is 2.32. The van der Waals surface area contributed by atoms with Crippen molar-refractivity contribution in [3.63, 3.8) is 0 Å². The molecule has 1 heterocycles. The van der Waals surface area contributed by atoms with Gasteiger partial charge in [0.25, 0.3) is 0 Å². The summed E-state index contributed by atoms with van der Waals surface area (Å²) in [7, 11) is 2.96. The molecule has 5 nitrogen and oxygen atoms in total. The number of carbonyl (C=O) groups is 2. The van der Waals surface area contributed by atoms with Gasteiger partial charge in [-0.15, -0.1) is 0 Å². The summed E-state index contributed by atoms with van der Waals surface area (Å²) in [6.07, 6.45) is 1.79. The van der Waals surface area contributed by atoms with Gasteiger partial charge in [-0.2, -0.15) is 0 Å². The average molecular weight is 323 g/mol. The second kappa shape index (κ2) is 6.20. The van der Waals surface area contributed by atoms with Crippen molar-refractivity contribution in [2.75, 3.05) is 14.2 Å². The Labute approximate surface area is 139 Å². The first-order valence-corrected chi connectivity index (χ1v) is 7.44. The predicted molar refractivity (Wildman–Crippen MR) is 91.6 cm³/mol. The molecule has 0 aliphatic rings. The Hall–Kier alpha value is -3.08. The second-order valence-electron chi connectivity index (χ2n) is 5.38. The van der Waals surface area contributed by atoms with Gasteiger partial charge in [0, 0.05) is 24.1 Å². The maximum Gasteiger partial charge on any atom is 0.337 e. The second-order valence-corrected chi connectivity index (χ2v) is 5.38. The van der Waals surface area contributed by atoms with E-state index in [9.17, 15) is 9.59 Å². The number of benzene rings is 2. The van der Waals surface area contributed by atoms with E-state index in [4.69, 9.17) is 9.47 Å². The quantitative estimate of drug-likeness (QED) is 0.689. The number of rotatable bonds is 3. The number of hydrogen-bond acceptors (Lipinski definition) is 4. The van der Waals surface area contributed by atoms with E-state index in [2.05, 4.69) is 0 Å². The molecule has 5 heteroatoms.